The Kier molecular flexibility index (Phi) is 5.87. The van der Waals surface area contributed by atoms with Crippen molar-refractivity contribution < 1.29 is 13.6 Å². The summed E-state index contributed by atoms with van der Waals surface area (Å²) < 4.78 is 20.6. The van der Waals surface area contributed by atoms with Gasteiger partial charge >= 0.3 is 5.91 Å². The summed E-state index contributed by atoms with van der Waals surface area (Å²) in [5, 5.41) is 10.1. The lowest BCUT2D eigenvalue weighted by Crippen LogP contribution is -2.27. The molecule has 0 aliphatic rings. The maximum Gasteiger partial charge on any atom is 0.307 e. The van der Waals surface area contributed by atoms with E-state index in [1.807, 2.05) is 6.92 Å². The van der Waals surface area contributed by atoms with E-state index in [1.165, 1.54) is 18.4 Å². The van der Waals surface area contributed by atoms with E-state index in [1.54, 1.807) is 43.2 Å². The summed E-state index contributed by atoms with van der Waals surface area (Å²) in [4.78, 5) is 25.6. The van der Waals surface area contributed by atoms with Crippen LogP contribution in [0, 0.1) is 12.7 Å². The van der Waals surface area contributed by atoms with Crippen molar-refractivity contribution in [3.05, 3.63) is 70.8 Å². The van der Waals surface area contributed by atoms with Gasteiger partial charge in [0, 0.05) is 24.3 Å². The third-order valence-corrected chi connectivity index (χ3v) is 4.92. The van der Waals surface area contributed by atoms with Crippen molar-refractivity contribution in [1.82, 2.24) is 30.0 Å². The number of oxazole rings is 1. The average molecular weight is 456 g/mol. The van der Waals surface area contributed by atoms with Gasteiger partial charge in [0.1, 0.15) is 29.3 Å². The Hall–Kier alpha value is -3.79. The number of hydrogen-bond acceptors (Lipinski definition) is 7. The lowest BCUT2D eigenvalue weighted by atomic mass is 10.1. The van der Waals surface area contributed by atoms with E-state index in [0.717, 1.165) is 5.56 Å². The van der Waals surface area contributed by atoms with Crippen LogP contribution in [0.3, 0.4) is 0 Å². The first kappa shape index (κ1) is 21.4. The van der Waals surface area contributed by atoms with Crippen LogP contribution in [-0.2, 0) is 7.05 Å². The molecule has 0 aliphatic carbocycles. The van der Waals surface area contributed by atoms with Crippen molar-refractivity contribution in [1.29, 1.82) is 0 Å². The number of carbonyl (C=O) groups is 1. The summed E-state index contributed by atoms with van der Waals surface area (Å²) in [7, 11) is 1.79. The van der Waals surface area contributed by atoms with Gasteiger partial charge in [-0.1, -0.05) is 11.6 Å². The zero-order valence-corrected chi connectivity index (χ0v) is 18.2. The molecular formula is C21H19ClFN7O2. The Bertz CT molecular complexity index is 1270. The molecule has 0 bridgehead atoms. The van der Waals surface area contributed by atoms with Gasteiger partial charge in [-0.25, -0.2) is 19.3 Å². The molecule has 2 N–H and O–H groups in total. The fraction of sp³-hybridized carbons (Fsp3) is 0.190. The highest BCUT2D eigenvalue weighted by Gasteiger charge is 2.20. The molecule has 0 fully saturated rings. The second-order valence-corrected chi connectivity index (χ2v) is 7.56. The minimum Gasteiger partial charge on any atom is -0.440 e. The Morgan fingerprint density at radius 3 is 2.81 bits per heavy atom. The van der Waals surface area contributed by atoms with Crippen molar-refractivity contribution in [2.24, 2.45) is 7.05 Å². The van der Waals surface area contributed by atoms with E-state index in [-0.39, 0.29) is 10.9 Å². The molecule has 0 radical (unpaired) electrons. The van der Waals surface area contributed by atoms with Crippen LogP contribution in [-0.4, -0.2) is 30.6 Å². The molecule has 0 aliphatic heterocycles. The van der Waals surface area contributed by atoms with Crippen molar-refractivity contribution in [2.45, 2.75) is 19.9 Å². The van der Waals surface area contributed by atoms with Gasteiger partial charge in [-0.15, -0.1) is 0 Å². The number of nitrogens with one attached hydrogen (secondary N) is 2. The molecule has 1 amide bonds. The van der Waals surface area contributed by atoms with Gasteiger partial charge in [0.2, 0.25) is 5.95 Å². The fourth-order valence-corrected chi connectivity index (χ4v) is 3.26. The number of carbonyl (C=O) groups excluding carboxylic acids is 1. The molecule has 0 saturated carbocycles. The number of anilines is 2. The summed E-state index contributed by atoms with van der Waals surface area (Å²) in [6.45, 7) is 3.53. The number of benzene rings is 1. The minimum absolute atomic E-state index is 0.145. The summed E-state index contributed by atoms with van der Waals surface area (Å²) in [6, 6.07) is 5.35. The van der Waals surface area contributed by atoms with Gasteiger partial charge in [0.15, 0.2) is 0 Å². The van der Waals surface area contributed by atoms with E-state index < -0.39 is 17.8 Å². The van der Waals surface area contributed by atoms with E-state index in [2.05, 4.69) is 30.7 Å². The quantitative estimate of drug-likeness (QED) is 0.448. The highest BCUT2D eigenvalue weighted by molar-refractivity contribution is 6.30. The molecule has 11 heteroatoms. The molecule has 3 heterocycles. The number of halogens is 2. The molecule has 1 atom stereocenters. The van der Waals surface area contributed by atoms with Gasteiger partial charge in [-0.2, -0.15) is 5.10 Å². The molecule has 4 aromatic rings. The van der Waals surface area contributed by atoms with Crippen molar-refractivity contribution in [2.75, 3.05) is 5.32 Å². The largest absolute Gasteiger partial charge is 0.440 e. The molecular weight excluding hydrogens is 437 g/mol. The average Bonchev–Trinajstić information content (AvgIpc) is 3.38. The molecule has 1 aromatic carbocycles. The first-order chi connectivity index (χ1) is 15.3. The number of hydrogen-bond donors (Lipinski definition) is 2. The first-order valence-electron chi connectivity index (χ1n) is 9.61. The van der Waals surface area contributed by atoms with Crippen LogP contribution < -0.4 is 10.6 Å². The highest BCUT2D eigenvalue weighted by Crippen LogP contribution is 2.24. The van der Waals surface area contributed by atoms with Gasteiger partial charge < -0.3 is 15.1 Å². The van der Waals surface area contributed by atoms with E-state index in [9.17, 15) is 9.18 Å². The van der Waals surface area contributed by atoms with Crippen LogP contribution in [0.2, 0.25) is 5.02 Å². The van der Waals surface area contributed by atoms with Gasteiger partial charge in [-0.05, 0) is 43.2 Å². The first-order valence-corrected chi connectivity index (χ1v) is 9.99. The Morgan fingerprint density at radius 1 is 1.28 bits per heavy atom. The summed E-state index contributed by atoms with van der Waals surface area (Å²) in [6.07, 6.45) is 4.64. The standard InChI is InChI=1S/C21H19ClFN7O2/c1-11-9-24-21(28-17-4-5-25-30(17)3)29-18(11)16-10-32-20(27-16)19(31)26-12(2)13-6-14(22)8-15(23)7-13/h4-10,12H,1-3H3,(H,26,31)(H,24,28,29)/t12-/m1/s1. The highest BCUT2D eigenvalue weighted by atomic mass is 35.5. The SMILES string of the molecule is Cc1cnc(Nc2ccnn2C)nc1-c1coc(C(=O)N[C@H](C)c2cc(F)cc(Cl)c2)n1. The molecule has 9 nitrogen and oxygen atoms in total. The van der Waals surface area contributed by atoms with Crippen molar-refractivity contribution >= 4 is 29.3 Å². The van der Waals surface area contributed by atoms with Crippen LogP contribution in [0.15, 0.2) is 47.3 Å². The van der Waals surface area contributed by atoms with E-state index >= 15 is 0 Å². The van der Waals surface area contributed by atoms with Gasteiger partial charge in [0.05, 0.1) is 12.2 Å². The third kappa shape index (κ3) is 4.59. The number of rotatable bonds is 6. The van der Waals surface area contributed by atoms with E-state index in [0.29, 0.717) is 28.7 Å². The maximum atomic E-state index is 13.6. The van der Waals surface area contributed by atoms with Crippen LogP contribution in [0.5, 0.6) is 0 Å². The van der Waals surface area contributed by atoms with Crippen molar-refractivity contribution in [3.63, 3.8) is 0 Å². The van der Waals surface area contributed by atoms with Gasteiger partial charge in [0.25, 0.3) is 5.89 Å². The van der Waals surface area contributed by atoms with Crippen LogP contribution >= 0.6 is 11.6 Å². The second-order valence-electron chi connectivity index (χ2n) is 7.13. The third-order valence-electron chi connectivity index (χ3n) is 4.71. The van der Waals surface area contributed by atoms with Crippen LogP contribution in [0.25, 0.3) is 11.4 Å². The van der Waals surface area contributed by atoms with Crippen molar-refractivity contribution in [3.8, 4) is 11.4 Å². The predicted octanol–water partition coefficient (Wildman–Crippen LogP) is 4.20. The van der Waals surface area contributed by atoms with E-state index in [4.69, 9.17) is 16.0 Å². The number of aryl methyl sites for hydroxylation is 2. The zero-order valence-electron chi connectivity index (χ0n) is 17.4. The second kappa shape index (κ2) is 8.75. The predicted molar refractivity (Wildman–Crippen MR) is 116 cm³/mol. The normalized spacial score (nSPS) is 11.9. The molecule has 3 aromatic heterocycles. The lowest BCUT2D eigenvalue weighted by Gasteiger charge is -2.13. The number of nitrogens with zero attached hydrogens (tertiary/aromatic N) is 5. The van der Waals surface area contributed by atoms with Gasteiger partial charge in [-0.3, -0.25) is 9.48 Å². The number of amides is 1. The molecule has 0 unspecified atom stereocenters. The Balaban J connectivity index is 1.52. The Labute approximate surface area is 187 Å². The summed E-state index contributed by atoms with van der Waals surface area (Å²) >= 11 is 5.89. The molecule has 0 spiro atoms. The number of aromatic nitrogens is 5. The lowest BCUT2D eigenvalue weighted by molar-refractivity contribution is 0.0904. The molecule has 0 saturated heterocycles. The molecule has 4 rings (SSSR count). The summed E-state index contributed by atoms with van der Waals surface area (Å²) in [5.41, 5.74) is 2.17. The van der Waals surface area contributed by atoms with Crippen LogP contribution in [0.1, 0.15) is 34.8 Å². The smallest absolute Gasteiger partial charge is 0.307 e. The Morgan fingerprint density at radius 2 is 2.09 bits per heavy atom. The molecule has 32 heavy (non-hydrogen) atoms. The summed E-state index contributed by atoms with van der Waals surface area (Å²) in [5.74, 6) is -0.120. The molecule has 164 valence electrons. The minimum atomic E-state index is -0.552. The zero-order chi connectivity index (χ0) is 22.8. The topological polar surface area (TPSA) is 111 Å². The monoisotopic (exact) mass is 455 g/mol. The fourth-order valence-electron chi connectivity index (χ4n) is 3.03. The van der Waals surface area contributed by atoms with Crippen LogP contribution in [0.4, 0.5) is 16.2 Å². The maximum absolute atomic E-state index is 13.6.